The highest BCUT2D eigenvalue weighted by molar-refractivity contribution is 5.98. The fraction of sp³-hybridized carbons (Fsp3) is 0.263. The lowest BCUT2D eigenvalue weighted by Crippen LogP contribution is -2.17. The normalized spacial score (nSPS) is 18.7. The summed E-state index contributed by atoms with van der Waals surface area (Å²) in [5.41, 5.74) is 14.5. The fourth-order valence-electron chi connectivity index (χ4n) is 3.16. The Labute approximate surface area is 150 Å². The summed E-state index contributed by atoms with van der Waals surface area (Å²) in [6, 6.07) is 5.69. The Morgan fingerprint density at radius 1 is 1.35 bits per heavy atom. The maximum atomic E-state index is 12.2. The standard InChI is InChI=1S/C19H20N6O/c1-10-2-3-22-8-14(10)16-5-11-6-17(23-9-15(11)18(21)24-16)25-19(26)13-4-12(13)7-20/h2-3,5-6,8-9,12-13H,4,7,20H2,1H3,(H2,21,24)(H,23,25,26). The Hall–Kier alpha value is -3.06. The van der Waals surface area contributed by atoms with Crippen molar-refractivity contribution < 1.29 is 4.79 Å². The van der Waals surface area contributed by atoms with Crippen LogP contribution in [0.15, 0.2) is 36.8 Å². The van der Waals surface area contributed by atoms with Crippen LogP contribution in [0, 0.1) is 18.8 Å². The minimum Gasteiger partial charge on any atom is -0.383 e. The SMILES string of the molecule is Cc1ccncc1-c1cc2cc(NC(=O)C3CC3CN)ncc2c(N)n1. The molecule has 1 saturated carbocycles. The number of amides is 1. The quantitative estimate of drug-likeness (QED) is 0.664. The number of rotatable bonds is 4. The number of pyridine rings is 3. The van der Waals surface area contributed by atoms with E-state index in [9.17, 15) is 4.79 Å². The van der Waals surface area contributed by atoms with Crippen molar-refractivity contribution in [1.82, 2.24) is 15.0 Å². The molecule has 7 nitrogen and oxygen atoms in total. The molecule has 7 heteroatoms. The zero-order chi connectivity index (χ0) is 18.3. The van der Waals surface area contributed by atoms with E-state index >= 15 is 0 Å². The molecule has 1 amide bonds. The van der Waals surface area contributed by atoms with Gasteiger partial charge in [-0.05, 0) is 55.0 Å². The third kappa shape index (κ3) is 2.97. The van der Waals surface area contributed by atoms with Gasteiger partial charge in [-0.2, -0.15) is 0 Å². The van der Waals surface area contributed by atoms with Crippen LogP contribution in [0.1, 0.15) is 12.0 Å². The van der Waals surface area contributed by atoms with E-state index in [0.717, 1.165) is 34.0 Å². The molecular weight excluding hydrogens is 328 g/mol. The number of nitrogens with one attached hydrogen (secondary N) is 1. The number of anilines is 2. The first-order valence-electron chi connectivity index (χ1n) is 8.55. The molecular formula is C19H20N6O. The zero-order valence-corrected chi connectivity index (χ0v) is 14.4. The van der Waals surface area contributed by atoms with E-state index in [1.54, 1.807) is 18.6 Å². The molecule has 4 rings (SSSR count). The number of aryl methyl sites for hydroxylation is 1. The van der Waals surface area contributed by atoms with E-state index in [-0.39, 0.29) is 17.7 Å². The summed E-state index contributed by atoms with van der Waals surface area (Å²) in [5, 5.41) is 4.49. The van der Waals surface area contributed by atoms with Gasteiger partial charge in [-0.25, -0.2) is 9.97 Å². The number of carbonyl (C=O) groups is 1. The van der Waals surface area contributed by atoms with Gasteiger partial charge in [0.1, 0.15) is 11.6 Å². The highest BCUT2D eigenvalue weighted by Gasteiger charge is 2.41. The second-order valence-corrected chi connectivity index (χ2v) is 6.70. The first-order chi connectivity index (χ1) is 12.6. The number of hydrogen-bond donors (Lipinski definition) is 3. The van der Waals surface area contributed by atoms with Gasteiger partial charge in [0.15, 0.2) is 0 Å². The van der Waals surface area contributed by atoms with Crippen LogP contribution in [0.2, 0.25) is 0 Å². The molecule has 132 valence electrons. The molecule has 0 bridgehead atoms. The van der Waals surface area contributed by atoms with Gasteiger partial charge in [-0.1, -0.05) is 0 Å². The summed E-state index contributed by atoms with van der Waals surface area (Å²) in [7, 11) is 0. The lowest BCUT2D eigenvalue weighted by molar-refractivity contribution is -0.117. The molecule has 1 aliphatic rings. The molecule has 3 heterocycles. The average molecular weight is 348 g/mol. The molecule has 0 spiro atoms. The smallest absolute Gasteiger partial charge is 0.228 e. The second kappa shape index (κ2) is 6.34. The lowest BCUT2D eigenvalue weighted by Gasteiger charge is -2.10. The highest BCUT2D eigenvalue weighted by Crippen LogP contribution is 2.38. The predicted octanol–water partition coefficient (Wildman–Crippen LogP) is 2.12. The van der Waals surface area contributed by atoms with Crippen LogP contribution in [0.3, 0.4) is 0 Å². The van der Waals surface area contributed by atoms with Crippen molar-refractivity contribution in [2.24, 2.45) is 17.6 Å². The third-order valence-electron chi connectivity index (χ3n) is 4.87. The number of nitrogen functional groups attached to an aromatic ring is 1. The van der Waals surface area contributed by atoms with Crippen molar-refractivity contribution in [3.63, 3.8) is 0 Å². The van der Waals surface area contributed by atoms with Gasteiger partial charge in [0.2, 0.25) is 5.91 Å². The summed E-state index contributed by atoms with van der Waals surface area (Å²) in [6.45, 7) is 2.54. The Kier molecular flexibility index (Phi) is 4.00. The van der Waals surface area contributed by atoms with E-state index in [4.69, 9.17) is 11.5 Å². The zero-order valence-electron chi connectivity index (χ0n) is 14.4. The first kappa shape index (κ1) is 16.4. The molecule has 2 unspecified atom stereocenters. The second-order valence-electron chi connectivity index (χ2n) is 6.70. The number of carbonyl (C=O) groups excluding carboxylic acids is 1. The van der Waals surface area contributed by atoms with Crippen LogP contribution in [-0.2, 0) is 4.79 Å². The topological polar surface area (TPSA) is 120 Å². The van der Waals surface area contributed by atoms with Crippen LogP contribution in [0.25, 0.3) is 22.0 Å². The molecule has 3 aromatic rings. The van der Waals surface area contributed by atoms with E-state index in [2.05, 4.69) is 20.3 Å². The number of nitrogens with zero attached hydrogens (tertiary/aromatic N) is 3. The largest absolute Gasteiger partial charge is 0.383 e. The van der Waals surface area contributed by atoms with E-state index in [0.29, 0.717) is 18.2 Å². The molecule has 0 aliphatic heterocycles. The molecule has 0 saturated heterocycles. The van der Waals surface area contributed by atoms with Crippen LogP contribution < -0.4 is 16.8 Å². The van der Waals surface area contributed by atoms with Gasteiger partial charge >= 0.3 is 0 Å². The minimum atomic E-state index is -0.0299. The molecule has 3 aromatic heterocycles. The lowest BCUT2D eigenvalue weighted by atomic mass is 10.1. The van der Waals surface area contributed by atoms with Crippen molar-refractivity contribution >= 4 is 28.3 Å². The van der Waals surface area contributed by atoms with Crippen molar-refractivity contribution in [3.05, 3.63) is 42.4 Å². The van der Waals surface area contributed by atoms with Crippen molar-refractivity contribution in [2.45, 2.75) is 13.3 Å². The summed E-state index contributed by atoms with van der Waals surface area (Å²) in [5.74, 6) is 1.16. The third-order valence-corrected chi connectivity index (χ3v) is 4.87. The first-order valence-corrected chi connectivity index (χ1v) is 8.55. The highest BCUT2D eigenvalue weighted by atomic mass is 16.2. The number of aromatic nitrogens is 3. The van der Waals surface area contributed by atoms with Gasteiger partial charge in [-0.3, -0.25) is 9.78 Å². The molecule has 0 aromatic carbocycles. The number of nitrogens with two attached hydrogens (primary N) is 2. The summed E-state index contributed by atoms with van der Waals surface area (Å²) >= 11 is 0. The Bertz CT molecular complexity index is 1000. The minimum absolute atomic E-state index is 0.00592. The van der Waals surface area contributed by atoms with Crippen LogP contribution >= 0.6 is 0 Å². The van der Waals surface area contributed by atoms with Crippen LogP contribution in [0.5, 0.6) is 0 Å². The predicted molar refractivity (Wildman–Crippen MR) is 101 cm³/mol. The Morgan fingerprint density at radius 3 is 2.92 bits per heavy atom. The molecule has 1 aliphatic carbocycles. The molecule has 1 fully saturated rings. The molecule has 0 radical (unpaired) electrons. The van der Waals surface area contributed by atoms with Crippen molar-refractivity contribution in [3.8, 4) is 11.3 Å². The number of hydrogen-bond acceptors (Lipinski definition) is 6. The number of fused-ring (bicyclic) bond motifs is 1. The van der Waals surface area contributed by atoms with Crippen molar-refractivity contribution in [2.75, 3.05) is 17.6 Å². The van der Waals surface area contributed by atoms with Gasteiger partial charge < -0.3 is 16.8 Å². The van der Waals surface area contributed by atoms with Crippen molar-refractivity contribution in [1.29, 1.82) is 0 Å². The van der Waals surface area contributed by atoms with E-state index in [1.807, 2.05) is 25.1 Å². The monoisotopic (exact) mass is 348 g/mol. The summed E-state index contributed by atoms with van der Waals surface area (Å²) in [4.78, 5) is 25.2. The summed E-state index contributed by atoms with van der Waals surface area (Å²) in [6.07, 6.45) is 6.00. The Balaban J connectivity index is 1.68. The van der Waals surface area contributed by atoms with E-state index in [1.165, 1.54) is 0 Å². The van der Waals surface area contributed by atoms with Gasteiger partial charge in [0.05, 0.1) is 5.69 Å². The average Bonchev–Trinajstić information content (AvgIpc) is 3.42. The van der Waals surface area contributed by atoms with E-state index < -0.39 is 0 Å². The van der Waals surface area contributed by atoms with Gasteiger partial charge in [0.25, 0.3) is 0 Å². The van der Waals surface area contributed by atoms with Gasteiger partial charge in [-0.15, -0.1) is 0 Å². The van der Waals surface area contributed by atoms with Crippen LogP contribution in [0.4, 0.5) is 11.6 Å². The fourth-order valence-corrected chi connectivity index (χ4v) is 3.16. The Morgan fingerprint density at radius 2 is 2.19 bits per heavy atom. The van der Waals surface area contributed by atoms with Crippen LogP contribution in [-0.4, -0.2) is 27.4 Å². The summed E-state index contributed by atoms with van der Waals surface area (Å²) < 4.78 is 0. The maximum absolute atomic E-state index is 12.2. The maximum Gasteiger partial charge on any atom is 0.228 e. The molecule has 2 atom stereocenters. The molecule has 5 N–H and O–H groups in total. The molecule has 26 heavy (non-hydrogen) atoms. The van der Waals surface area contributed by atoms with Gasteiger partial charge in [0, 0.05) is 35.5 Å².